The molecule has 1 atom stereocenters. The minimum atomic E-state index is 0.325. The molecular weight excluding hydrogens is 220 g/mol. The highest BCUT2D eigenvalue weighted by atomic mass is 14.9. The number of benzene rings is 2. The van der Waals surface area contributed by atoms with Gasteiger partial charge in [-0.2, -0.15) is 0 Å². The first-order chi connectivity index (χ1) is 8.68. The van der Waals surface area contributed by atoms with Gasteiger partial charge in [-0.3, -0.25) is 0 Å². The van der Waals surface area contributed by atoms with Gasteiger partial charge in [0.1, 0.15) is 0 Å². The Morgan fingerprint density at radius 3 is 2.44 bits per heavy atom. The molecule has 0 radical (unpaired) electrons. The molecule has 0 fully saturated rings. The van der Waals surface area contributed by atoms with Crippen LogP contribution < -0.4 is 11.1 Å². The Labute approximate surface area is 109 Å². The van der Waals surface area contributed by atoms with Gasteiger partial charge < -0.3 is 11.1 Å². The molecule has 2 aromatic rings. The lowest BCUT2D eigenvalue weighted by atomic mass is 10.0. The summed E-state index contributed by atoms with van der Waals surface area (Å²) >= 11 is 0. The molecule has 0 bridgehead atoms. The van der Waals surface area contributed by atoms with Crippen LogP contribution in [0.5, 0.6) is 0 Å². The number of nitrogens with two attached hydrogens (primary N) is 1. The fourth-order valence-corrected chi connectivity index (χ4v) is 2.14. The second-order valence-corrected chi connectivity index (χ2v) is 4.66. The van der Waals surface area contributed by atoms with E-state index in [4.69, 9.17) is 5.73 Å². The third kappa shape index (κ3) is 2.90. The van der Waals surface area contributed by atoms with Crippen LogP contribution in [0.15, 0.2) is 48.5 Å². The van der Waals surface area contributed by atoms with Crippen LogP contribution >= 0.6 is 0 Å². The minimum Gasteiger partial charge on any atom is -0.398 e. The summed E-state index contributed by atoms with van der Waals surface area (Å²) in [6.45, 7) is 5.12. The zero-order valence-electron chi connectivity index (χ0n) is 11.0. The number of hydrogen-bond donors (Lipinski definition) is 2. The number of rotatable bonds is 4. The highest BCUT2D eigenvalue weighted by Gasteiger charge is 2.07. The number of anilines is 1. The fourth-order valence-electron chi connectivity index (χ4n) is 2.14. The van der Waals surface area contributed by atoms with E-state index >= 15 is 0 Å². The van der Waals surface area contributed by atoms with Crippen molar-refractivity contribution >= 4 is 5.69 Å². The lowest BCUT2D eigenvalue weighted by Gasteiger charge is -2.17. The van der Waals surface area contributed by atoms with Gasteiger partial charge in [-0.1, -0.05) is 42.5 Å². The average Bonchev–Trinajstić information content (AvgIpc) is 2.38. The molecule has 3 N–H and O–H groups in total. The van der Waals surface area contributed by atoms with Gasteiger partial charge in [-0.25, -0.2) is 0 Å². The van der Waals surface area contributed by atoms with Gasteiger partial charge in [0, 0.05) is 18.3 Å². The molecule has 0 spiro atoms. The van der Waals surface area contributed by atoms with Crippen molar-refractivity contribution in [3.05, 3.63) is 65.2 Å². The third-order valence-electron chi connectivity index (χ3n) is 3.31. The van der Waals surface area contributed by atoms with Crippen molar-refractivity contribution < 1.29 is 0 Å². The molecule has 2 nitrogen and oxygen atoms in total. The molecule has 0 aliphatic heterocycles. The van der Waals surface area contributed by atoms with E-state index in [1.807, 2.05) is 18.2 Å². The molecule has 0 heterocycles. The van der Waals surface area contributed by atoms with Crippen LogP contribution in [-0.2, 0) is 6.54 Å². The summed E-state index contributed by atoms with van der Waals surface area (Å²) in [6, 6.07) is 16.8. The second kappa shape index (κ2) is 5.69. The molecule has 0 saturated heterocycles. The monoisotopic (exact) mass is 240 g/mol. The maximum absolute atomic E-state index is 5.94. The molecule has 94 valence electrons. The van der Waals surface area contributed by atoms with Gasteiger partial charge in [-0.05, 0) is 36.6 Å². The zero-order valence-corrected chi connectivity index (χ0v) is 11.0. The van der Waals surface area contributed by atoms with Crippen molar-refractivity contribution in [3.8, 4) is 0 Å². The lowest BCUT2D eigenvalue weighted by molar-refractivity contribution is 0.573. The smallest absolute Gasteiger partial charge is 0.0359 e. The molecule has 0 aliphatic carbocycles. The van der Waals surface area contributed by atoms with Crippen LogP contribution in [0, 0.1) is 6.92 Å². The lowest BCUT2D eigenvalue weighted by Crippen LogP contribution is -2.19. The van der Waals surface area contributed by atoms with Crippen LogP contribution in [0.4, 0.5) is 5.69 Å². The Kier molecular flexibility index (Phi) is 4.00. The average molecular weight is 240 g/mol. The highest BCUT2D eigenvalue weighted by Crippen LogP contribution is 2.18. The molecule has 0 amide bonds. The van der Waals surface area contributed by atoms with Crippen molar-refractivity contribution in [3.63, 3.8) is 0 Å². The summed E-state index contributed by atoms with van der Waals surface area (Å²) in [5.74, 6) is 0. The summed E-state index contributed by atoms with van der Waals surface area (Å²) in [4.78, 5) is 0. The van der Waals surface area contributed by atoms with Gasteiger partial charge in [0.15, 0.2) is 0 Å². The first-order valence-corrected chi connectivity index (χ1v) is 6.31. The van der Waals surface area contributed by atoms with Gasteiger partial charge in [-0.15, -0.1) is 0 Å². The molecule has 0 aromatic heterocycles. The van der Waals surface area contributed by atoms with Crippen molar-refractivity contribution in [2.24, 2.45) is 0 Å². The Bertz CT molecular complexity index is 520. The summed E-state index contributed by atoms with van der Waals surface area (Å²) < 4.78 is 0. The quantitative estimate of drug-likeness (QED) is 0.803. The van der Waals surface area contributed by atoms with E-state index in [1.54, 1.807) is 0 Å². The summed E-state index contributed by atoms with van der Waals surface area (Å²) in [7, 11) is 0. The standard InChI is InChI=1S/C16H20N2/c1-12-7-3-5-9-15(12)13(2)18-11-14-8-4-6-10-16(14)17/h3-10,13,18H,11,17H2,1-2H3. The number of para-hydroxylation sites is 1. The molecule has 2 aromatic carbocycles. The van der Waals surface area contributed by atoms with E-state index in [-0.39, 0.29) is 0 Å². The van der Waals surface area contributed by atoms with Crippen molar-refractivity contribution in [1.29, 1.82) is 0 Å². The van der Waals surface area contributed by atoms with Gasteiger partial charge in [0.05, 0.1) is 0 Å². The second-order valence-electron chi connectivity index (χ2n) is 4.66. The normalized spacial score (nSPS) is 12.3. The summed E-state index contributed by atoms with van der Waals surface area (Å²) in [6.07, 6.45) is 0. The van der Waals surface area contributed by atoms with Crippen LogP contribution in [-0.4, -0.2) is 0 Å². The van der Waals surface area contributed by atoms with E-state index in [0.717, 1.165) is 17.8 Å². The number of hydrogen-bond acceptors (Lipinski definition) is 2. The number of nitrogen functional groups attached to an aromatic ring is 1. The first-order valence-electron chi connectivity index (χ1n) is 6.31. The molecule has 0 saturated carbocycles. The maximum atomic E-state index is 5.94. The highest BCUT2D eigenvalue weighted by molar-refractivity contribution is 5.46. The van der Waals surface area contributed by atoms with Gasteiger partial charge in [0.25, 0.3) is 0 Å². The van der Waals surface area contributed by atoms with Crippen LogP contribution in [0.1, 0.15) is 29.7 Å². The molecule has 2 rings (SSSR count). The minimum absolute atomic E-state index is 0.325. The van der Waals surface area contributed by atoms with Crippen molar-refractivity contribution in [2.75, 3.05) is 5.73 Å². The molecule has 2 heteroatoms. The van der Waals surface area contributed by atoms with Gasteiger partial charge >= 0.3 is 0 Å². The SMILES string of the molecule is Cc1ccccc1C(C)NCc1ccccc1N. The van der Waals surface area contributed by atoms with Crippen LogP contribution in [0.25, 0.3) is 0 Å². The van der Waals surface area contributed by atoms with E-state index in [9.17, 15) is 0 Å². The third-order valence-corrected chi connectivity index (χ3v) is 3.31. The van der Waals surface area contributed by atoms with Crippen LogP contribution in [0.3, 0.4) is 0 Å². The molecular formula is C16H20N2. The maximum Gasteiger partial charge on any atom is 0.0359 e. The largest absolute Gasteiger partial charge is 0.398 e. The van der Waals surface area contributed by atoms with E-state index < -0.39 is 0 Å². The van der Waals surface area contributed by atoms with E-state index in [1.165, 1.54) is 11.1 Å². The first kappa shape index (κ1) is 12.7. The topological polar surface area (TPSA) is 38.0 Å². The Hall–Kier alpha value is -1.80. The number of aryl methyl sites for hydroxylation is 1. The predicted molar refractivity (Wildman–Crippen MR) is 77.3 cm³/mol. The van der Waals surface area contributed by atoms with E-state index in [2.05, 4.69) is 49.5 Å². The molecule has 1 unspecified atom stereocenters. The zero-order chi connectivity index (χ0) is 13.0. The van der Waals surface area contributed by atoms with Crippen molar-refractivity contribution in [1.82, 2.24) is 5.32 Å². The molecule has 18 heavy (non-hydrogen) atoms. The predicted octanol–water partition coefficient (Wildman–Crippen LogP) is 3.43. The van der Waals surface area contributed by atoms with E-state index in [0.29, 0.717) is 6.04 Å². The summed E-state index contributed by atoms with van der Waals surface area (Å²) in [5, 5.41) is 3.52. The fraction of sp³-hybridized carbons (Fsp3) is 0.250. The number of nitrogens with one attached hydrogen (secondary N) is 1. The Balaban J connectivity index is 2.03. The summed E-state index contributed by atoms with van der Waals surface area (Å²) in [5.41, 5.74) is 10.6. The molecule has 0 aliphatic rings. The Morgan fingerprint density at radius 2 is 1.72 bits per heavy atom. The Morgan fingerprint density at radius 1 is 1.06 bits per heavy atom. The van der Waals surface area contributed by atoms with Crippen molar-refractivity contribution in [2.45, 2.75) is 26.4 Å². The van der Waals surface area contributed by atoms with Crippen LogP contribution in [0.2, 0.25) is 0 Å². The van der Waals surface area contributed by atoms with Gasteiger partial charge in [0.2, 0.25) is 0 Å².